The van der Waals surface area contributed by atoms with E-state index in [-0.39, 0.29) is 5.91 Å². The lowest BCUT2D eigenvalue weighted by Crippen LogP contribution is -2.39. The highest BCUT2D eigenvalue weighted by Crippen LogP contribution is 2.27. The first-order valence-corrected chi connectivity index (χ1v) is 8.25. The number of hydrogen-bond acceptors (Lipinski definition) is 2. The van der Waals surface area contributed by atoms with Gasteiger partial charge in [0.2, 0.25) is 5.91 Å². The van der Waals surface area contributed by atoms with Gasteiger partial charge in [0, 0.05) is 24.7 Å². The van der Waals surface area contributed by atoms with Gasteiger partial charge < -0.3 is 9.80 Å². The van der Waals surface area contributed by atoms with E-state index in [1.165, 1.54) is 0 Å². The maximum atomic E-state index is 12.9. The maximum absolute atomic E-state index is 12.9. The fraction of sp³-hybridized carbons (Fsp3) is 0.190. The molecule has 0 heterocycles. The van der Waals surface area contributed by atoms with Gasteiger partial charge in [-0.1, -0.05) is 54.6 Å². The van der Waals surface area contributed by atoms with Crippen LogP contribution in [0.1, 0.15) is 6.92 Å². The van der Waals surface area contributed by atoms with Crippen molar-refractivity contribution in [1.82, 2.24) is 0 Å². The number of anilines is 2. The SMILES string of the molecule is CCN(C(=O)CN(C)c1ccccc1)c1cccc2ccccc12. The fourth-order valence-electron chi connectivity index (χ4n) is 2.99. The van der Waals surface area contributed by atoms with Gasteiger partial charge in [0.15, 0.2) is 0 Å². The number of para-hydroxylation sites is 1. The third-order valence-electron chi connectivity index (χ3n) is 4.24. The molecule has 0 radical (unpaired) electrons. The summed E-state index contributed by atoms with van der Waals surface area (Å²) in [5.41, 5.74) is 2.02. The second-order valence-electron chi connectivity index (χ2n) is 5.83. The molecule has 0 spiro atoms. The van der Waals surface area contributed by atoms with Gasteiger partial charge in [-0.05, 0) is 30.5 Å². The van der Waals surface area contributed by atoms with Crippen LogP contribution in [0, 0.1) is 0 Å². The molecule has 0 saturated heterocycles. The zero-order chi connectivity index (χ0) is 16.9. The van der Waals surface area contributed by atoms with E-state index in [1.807, 2.05) is 78.4 Å². The van der Waals surface area contributed by atoms with Crippen molar-refractivity contribution in [1.29, 1.82) is 0 Å². The lowest BCUT2D eigenvalue weighted by atomic mass is 10.1. The van der Waals surface area contributed by atoms with E-state index < -0.39 is 0 Å². The Labute approximate surface area is 143 Å². The van der Waals surface area contributed by atoms with E-state index in [1.54, 1.807) is 0 Å². The summed E-state index contributed by atoms with van der Waals surface area (Å²) < 4.78 is 0. The molecule has 0 fully saturated rings. The van der Waals surface area contributed by atoms with Gasteiger partial charge in [-0.3, -0.25) is 4.79 Å². The lowest BCUT2D eigenvalue weighted by Gasteiger charge is -2.26. The first-order valence-electron chi connectivity index (χ1n) is 8.25. The molecule has 122 valence electrons. The van der Waals surface area contributed by atoms with Crippen LogP contribution in [0.2, 0.25) is 0 Å². The zero-order valence-corrected chi connectivity index (χ0v) is 14.1. The Hall–Kier alpha value is -2.81. The minimum absolute atomic E-state index is 0.0974. The summed E-state index contributed by atoms with van der Waals surface area (Å²) in [6, 6.07) is 24.3. The van der Waals surface area contributed by atoms with Gasteiger partial charge in [-0.15, -0.1) is 0 Å². The molecule has 0 atom stereocenters. The minimum Gasteiger partial charge on any atom is -0.365 e. The van der Waals surface area contributed by atoms with Crippen molar-refractivity contribution < 1.29 is 4.79 Å². The molecule has 0 saturated carbocycles. The number of carbonyl (C=O) groups is 1. The van der Waals surface area contributed by atoms with E-state index >= 15 is 0 Å². The summed E-state index contributed by atoms with van der Waals surface area (Å²) in [5, 5.41) is 2.26. The predicted octanol–water partition coefficient (Wildman–Crippen LogP) is 4.33. The second-order valence-corrected chi connectivity index (χ2v) is 5.83. The molecule has 3 rings (SSSR count). The first kappa shape index (κ1) is 16.1. The van der Waals surface area contributed by atoms with Gasteiger partial charge in [0.05, 0.1) is 12.2 Å². The van der Waals surface area contributed by atoms with Crippen molar-refractivity contribution in [3.8, 4) is 0 Å². The number of fused-ring (bicyclic) bond motifs is 1. The van der Waals surface area contributed by atoms with Crippen LogP contribution in [-0.2, 0) is 4.79 Å². The van der Waals surface area contributed by atoms with Gasteiger partial charge >= 0.3 is 0 Å². The van der Waals surface area contributed by atoms with Crippen molar-refractivity contribution in [2.75, 3.05) is 29.9 Å². The van der Waals surface area contributed by atoms with Gasteiger partial charge in [0.25, 0.3) is 0 Å². The number of amides is 1. The molecular weight excluding hydrogens is 296 g/mol. The van der Waals surface area contributed by atoms with E-state index in [2.05, 4.69) is 18.2 Å². The van der Waals surface area contributed by atoms with Crippen LogP contribution in [0.3, 0.4) is 0 Å². The summed E-state index contributed by atoms with van der Waals surface area (Å²) in [4.78, 5) is 16.7. The summed E-state index contributed by atoms with van der Waals surface area (Å²) in [5.74, 6) is 0.0974. The quantitative estimate of drug-likeness (QED) is 0.699. The number of likely N-dealkylation sites (N-methyl/N-ethyl adjacent to an activating group) is 2. The number of carbonyl (C=O) groups excluding carboxylic acids is 1. The van der Waals surface area contributed by atoms with Crippen LogP contribution in [0.5, 0.6) is 0 Å². The summed E-state index contributed by atoms with van der Waals surface area (Å²) in [6.07, 6.45) is 0. The van der Waals surface area contributed by atoms with Gasteiger partial charge in [0.1, 0.15) is 0 Å². The molecule has 3 aromatic carbocycles. The first-order chi connectivity index (χ1) is 11.7. The van der Waals surface area contributed by atoms with E-state index in [4.69, 9.17) is 0 Å². The largest absolute Gasteiger partial charge is 0.365 e. The van der Waals surface area contributed by atoms with Crippen molar-refractivity contribution in [2.24, 2.45) is 0 Å². The summed E-state index contributed by atoms with van der Waals surface area (Å²) >= 11 is 0. The number of nitrogens with zero attached hydrogens (tertiary/aromatic N) is 2. The maximum Gasteiger partial charge on any atom is 0.246 e. The van der Waals surface area contributed by atoms with Crippen molar-refractivity contribution in [3.05, 3.63) is 72.8 Å². The fourth-order valence-corrected chi connectivity index (χ4v) is 2.99. The van der Waals surface area contributed by atoms with Crippen molar-refractivity contribution in [2.45, 2.75) is 6.92 Å². The Morgan fingerprint density at radius 2 is 1.54 bits per heavy atom. The predicted molar refractivity (Wildman–Crippen MR) is 102 cm³/mol. The highest BCUT2D eigenvalue weighted by atomic mass is 16.2. The molecule has 3 aromatic rings. The van der Waals surface area contributed by atoms with E-state index in [0.29, 0.717) is 13.1 Å². The summed E-state index contributed by atoms with van der Waals surface area (Å²) in [6.45, 7) is 3.01. The Bertz CT molecular complexity index is 824. The second kappa shape index (κ2) is 7.18. The van der Waals surface area contributed by atoms with Gasteiger partial charge in [-0.2, -0.15) is 0 Å². The van der Waals surface area contributed by atoms with Crippen LogP contribution in [0.15, 0.2) is 72.8 Å². The number of rotatable bonds is 5. The van der Waals surface area contributed by atoms with Crippen LogP contribution in [0.4, 0.5) is 11.4 Å². The average molecular weight is 318 g/mol. The molecule has 0 aromatic heterocycles. The molecule has 0 N–H and O–H groups in total. The van der Waals surface area contributed by atoms with Gasteiger partial charge in [-0.25, -0.2) is 0 Å². The lowest BCUT2D eigenvalue weighted by molar-refractivity contribution is -0.117. The molecule has 0 aliphatic heterocycles. The molecule has 1 amide bonds. The highest BCUT2D eigenvalue weighted by molar-refractivity contribution is 6.05. The topological polar surface area (TPSA) is 23.6 Å². The molecule has 3 heteroatoms. The molecule has 0 aliphatic rings. The van der Waals surface area contributed by atoms with Crippen LogP contribution in [-0.4, -0.2) is 26.0 Å². The monoisotopic (exact) mass is 318 g/mol. The Kier molecular flexibility index (Phi) is 4.80. The summed E-state index contributed by atoms with van der Waals surface area (Å²) in [7, 11) is 1.95. The molecule has 24 heavy (non-hydrogen) atoms. The van der Waals surface area contributed by atoms with Crippen molar-refractivity contribution in [3.63, 3.8) is 0 Å². The Morgan fingerprint density at radius 1 is 0.875 bits per heavy atom. The van der Waals surface area contributed by atoms with E-state index in [0.717, 1.165) is 22.1 Å². The molecule has 3 nitrogen and oxygen atoms in total. The Balaban J connectivity index is 1.86. The smallest absolute Gasteiger partial charge is 0.246 e. The molecule has 0 aliphatic carbocycles. The van der Waals surface area contributed by atoms with E-state index in [9.17, 15) is 4.79 Å². The average Bonchev–Trinajstić information content (AvgIpc) is 2.63. The van der Waals surface area contributed by atoms with Crippen LogP contribution < -0.4 is 9.80 Å². The number of benzene rings is 3. The minimum atomic E-state index is 0.0974. The third-order valence-corrected chi connectivity index (χ3v) is 4.24. The third kappa shape index (κ3) is 3.25. The molecular formula is C21H22N2O. The zero-order valence-electron chi connectivity index (χ0n) is 14.1. The van der Waals surface area contributed by atoms with Crippen molar-refractivity contribution >= 4 is 28.1 Å². The Morgan fingerprint density at radius 3 is 2.29 bits per heavy atom. The normalized spacial score (nSPS) is 10.6. The highest BCUT2D eigenvalue weighted by Gasteiger charge is 2.18. The van der Waals surface area contributed by atoms with Crippen LogP contribution >= 0.6 is 0 Å². The standard InChI is InChI=1S/C21H22N2O/c1-3-23(20-15-9-11-17-10-7-8-14-19(17)20)21(24)16-22(2)18-12-5-4-6-13-18/h4-15H,3,16H2,1-2H3. The number of hydrogen-bond donors (Lipinski definition) is 0. The molecule has 0 bridgehead atoms. The molecule has 0 unspecified atom stereocenters. The van der Waals surface area contributed by atoms with Crippen LogP contribution in [0.25, 0.3) is 10.8 Å².